The number of rotatable bonds is 0. The third-order valence-corrected chi connectivity index (χ3v) is 3.63. The largest absolute Gasteiger partial charge is 0.488 e. The first-order chi connectivity index (χ1) is 6.44. The molecule has 1 nitrogen and oxygen atoms in total. The molecule has 1 heterocycles. The second kappa shape index (κ2) is 2.88. The summed E-state index contributed by atoms with van der Waals surface area (Å²) in [6.45, 7) is 8.93. The normalized spacial score (nSPS) is 35.1. The van der Waals surface area contributed by atoms with Gasteiger partial charge in [0.05, 0.1) is 5.76 Å². The fraction of sp³-hybridized carbons (Fsp3) is 0.692. The summed E-state index contributed by atoms with van der Waals surface area (Å²) in [6, 6.07) is 0. The number of allylic oxidation sites excluding steroid dienone is 3. The Morgan fingerprint density at radius 1 is 1.14 bits per heavy atom. The molecule has 0 radical (unpaired) electrons. The molecule has 1 unspecified atom stereocenters. The van der Waals surface area contributed by atoms with E-state index in [4.69, 9.17) is 4.74 Å². The molecule has 0 spiro atoms. The zero-order valence-corrected chi connectivity index (χ0v) is 9.68. The van der Waals surface area contributed by atoms with Gasteiger partial charge >= 0.3 is 0 Å². The van der Waals surface area contributed by atoms with Crippen molar-refractivity contribution in [1.29, 1.82) is 0 Å². The molecule has 1 fully saturated rings. The molecule has 0 bridgehead atoms. The van der Waals surface area contributed by atoms with Gasteiger partial charge < -0.3 is 4.74 Å². The van der Waals surface area contributed by atoms with E-state index >= 15 is 0 Å². The van der Waals surface area contributed by atoms with Crippen LogP contribution in [0.5, 0.6) is 0 Å². The van der Waals surface area contributed by atoms with E-state index in [0.29, 0.717) is 5.41 Å². The van der Waals surface area contributed by atoms with Crippen molar-refractivity contribution in [2.24, 2.45) is 5.41 Å². The zero-order chi connectivity index (χ0) is 10.4. The van der Waals surface area contributed by atoms with Gasteiger partial charge in [-0.05, 0) is 50.2 Å². The smallest absolute Gasteiger partial charge is 0.128 e. The Bertz CT molecular complexity index is 309. The maximum atomic E-state index is 6.01. The number of hydrogen-bond acceptors (Lipinski definition) is 1. The summed E-state index contributed by atoms with van der Waals surface area (Å²) < 4.78 is 6.01. The molecule has 0 aromatic rings. The first-order valence-corrected chi connectivity index (χ1v) is 5.53. The van der Waals surface area contributed by atoms with Gasteiger partial charge in [0.15, 0.2) is 0 Å². The topological polar surface area (TPSA) is 9.23 Å². The summed E-state index contributed by atoms with van der Waals surface area (Å²) in [6.07, 6.45) is 8.09. The third kappa shape index (κ3) is 1.39. The van der Waals surface area contributed by atoms with Crippen molar-refractivity contribution < 1.29 is 4.74 Å². The van der Waals surface area contributed by atoms with Gasteiger partial charge in [0.1, 0.15) is 5.60 Å². The molecule has 1 atom stereocenters. The van der Waals surface area contributed by atoms with Gasteiger partial charge in [0.25, 0.3) is 0 Å². The highest BCUT2D eigenvalue weighted by Gasteiger charge is 2.44. The number of ether oxygens (including phenoxy) is 1. The van der Waals surface area contributed by atoms with Crippen LogP contribution in [0, 0.1) is 5.41 Å². The van der Waals surface area contributed by atoms with Crippen LogP contribution in [-0.4, -0.2) is 5.60 Å². The molecular formula is C13H20O. The van der Waals surface area contributed by atoms with Gasteiger partial charge in [-0.3, -0.25) is 0 Å². The van der Waals surface area contributed by atoms with Crippen molar-refractivity contribution in [1.82, 2.24) is 0 Å². The lowest BCUT2D eigenvalue weighted by molar-refractivity contribution is 0.00203. The monoisotopic (exact) mass is 192 g/mol. The van der Waals surface area contributed by atoms with Crippen LogP contribution >= 0.6 is 0 Å². The van der Waals surface area contributed by atoms with Gasteiger partial charge in [-0.15, -0.1) is 0 Å². The molecule has 78 valence electrons. The Morgan fingerprint density at radius 3 is 2.57 bits per heavy atom. The zero-order valence-electron chi connectivity index (χ0n) is 9.68. The van der Waals surface area contributed by atoms with Crippen LogP contribution in [0.3, 0.4) is 0 Å². The molecule has 2 rings (SSSR count). The minimum absolute atomic E-state index is 0.0272. The molecule has 0 amide bonds. The first kappa shape index (κ1) is 9.82. The summed E-state index contributed by atoms with van der Waals surface area (Å²) in [7, 11) is 0. The second-order valence-corrected chi connectivity index (χ2v) is 5.43. The first-order valence-electron chi connectivity index (χ1n) is 5.53. The van der Waals surface area contributed by atoms with E-state index in [0.717, 1.165) is 12.2 Å². The van der Waals surface area contributed by atoms with E-state index in [9.17, 15) is 0 Å². The Labute approximate surface area is 86.8 Å². The van der Waals surface area contributed by atoms with E-state index in [-0.39, 0.29) is 5.60 Å². The third-order valence-electron chi connectivity index (χ3n) is 3.63. The second-order valence-electron chi connectivity index (χ2n) is 5.43. The van der Waals surface area contributed by atoms with Crippen LogP contribution in [0.15, 0.2) is 23.5 Å². The highest BCUT2D eigenvalue weighted by atomic mass is 16.5. The Hall–Kier alpha value is -0.720. The van der Waals surface area contributed by atoms with Gasteiger partial charge in [-0.2, -0.15) is 0 Å². The van der Waals surface area contributed by atoms with E-state index in [2.05, 4.69) is 32.9 Å². The molecule has 0 saturated heterocycles. The predicted octanol–water partition coefficient (Wildman–Crippen LogP) is 3.82. The lowest BCUT2D eigenvalue weighted by atomic mass is 9.65. The summed E-state index contributed by atoms with van der Waals surface area (Å²) in [5.41, 5.74) is 1.76. The number of hydrogen-bond donors (Lipinski definition) is 0. The molecule has 1 aliphatic carbocycles. The van der Waals surface area contributed by atoms with Crippen LogP contribution in [0.4, 0.5) is 0 Å². The van der Waals surface area contributed by atoms with Crippen molar-refractivity contribution in [3.05, 3.63) is 23.5 Å². The van der Waals surface area contributed by atoms with Crippen molar-refractivity contribution in [2.45, 2.75) is 52.6 Å². The maximum absolute atomic E-state index is 6.01. The quantitative estimate of drug-likeness (QED) is 0.567. The standard InChI is InChI=1S/C13H20O/c1-10-6-7-11-12(2,3)8-5-9-13(11,4)14-10/h6-7H,5,8-9H2,1-4H3. The predicted molar refractivity (Wildman–Crippen MR) is 59.0 cm³/mol. The molecule has 1 heteroatoms. The minimum atomic E-state index is -0.0272. The van der Waals surface area contributed by atoms with E-state index in [1.807, 2.05) is 6.92 Å². The SMILES string of the molecule is CC1=CC=C2C(C)(C)CCCC2(C)O1. The molecule has 0 N–H and O–H groups in total. The highest BCUT2D eigenvalue weighted by molar-refractivity contribution is 5.33. The van der Waals surface area contributed by atoms with Gasteiger partial charge in [-0.1, -0.05) is 19.9 Å². The van der Waals surface area contributed by atoms with Crippen LogP contribution in [-0.2, 0) is 4.74 Å². The average molecular weight is 192 g/mol. The van der Waals surface area contributed by atoms with Crippen molar-refractivity contribution in [2.75, 3.05) is 0 Å². The molecule has 1 saturated carbocycles. The Kier molecular flexibility index (Phi) is 2.02. The number of fused-ring (bicyclic) bond motifs is 1. The molecule has 14 heavy (non-hydrogen) atoms. The van der Waals surface area contributed by atoms with Gasteiger partial charge in [0, 0.05) is 0 Å². The summed E-state index contributed by atoms with van der Waals surface area (Å²) in [5.74, 6) is 1.05. The summed E-state index contributed by atoms with van der Waals surface area (Å²) >= 11 is 0. The molecule has 0 aromatic carbocycles. The molecule has 1 aliphatic heterocycles. The minimum Gasteiger partial charge on any atom is -0.488 e. The fourth-order valence-corrected chi connectivity index (χ4v) is 2.95. The molecule has 2 aliphatic rings. The average Bonchev–Trinajstić information content (AvgIpc) is 2.00. The van der Waals surface area contributed by atoms with Crippen molar-refractivity contribution in [3.8, 4) is 0 Å². The molecular weight excluding hydrogens is 172 g/mol. The summed E-state index contributed by atoms with van der Waals surface area (Å²) in [4.78, 5) is 0. The lowest BCUT2D eigenvalue weighted by Crippen LogP contribution is -2.42. The lowest BCUT2D eigenvalue weighted by Gasteiger charge is -2.47. The van der Waals surface area contributed by atoms with Crippen LogP contribution in [0.2, 0.25) is 0 Å². The Morgan fingerprint density at radius 2 is 1.86 bits per heavy atom. The van der Waals surface area contributed by atoms with Crippen molar-refractivity contribution >= 4 is 0 Å². The Balaban J connectivity index is 2.42. The molecule has 0 aromatic heterocycles. The maximum Gasteiger partial charge on any atom is 0.128 e. The van der Waals surface area contributed by atoms with E-state index in [1.165, 1.54) is 18.4 Å². The van der Waals surface area contributed by atoms with Gasteiger partial charge in [0.2, 0.25) is 0 Å². The van der Waals surface area contributed by atoms with Crippen molar-refractivity contribution in [3.63, 3.8) is 0 Å². The fourth-order valence-electron chi connectivity index (χ4n) is 2.95. The van der Waals surface area contributed by atoms with E-state index in [1.54, 1.807) is 0 Å². The van der Waals surface area contributed by atoms with E-state index < -0.39 is 0 Å². The van der Waals surface area contributed by atoms with Crippen LogP contribution in [0.25, 0.3) is 0 Å². The van der Waals surface area contributed by atoms with Crippen LogP contribution < -0.4 is 0 Å². The van der Waals surface area contributed by atoms with Crippen LogP contribution in [0.1, 0.15) is 47.0 Å². The van der Waals surface area contributed by atoms with Gasteiger partial charge in [-0.25, -0.2) is 0 Å². The summed E-state index contributed by atoms with van der Waals surface area (Å²) in [5, 5.41) is 0. The highest BCUT2D eigenvalue weighted by Crippen LogP contribution is 2.49.